The van der Waals surface area contributed by atoms with Crippen LogP contribution in [0.5, 0.6) is 0 Å². The van der Waals surface area contributed by atoms with E-state index in [1.54, 1.807) is 47.3 Å². The van der Waals surface area contributed by atoms with E-state index in [4.69, 9.17) is 11.6 Å². The molecule has 2 heterocycles. The first-order valence-corrected chi connectivity index (χ1v) is 11.6. The molecule has 0 radical (unpaired) electrons. The molecule has 0 aliphatic carbocycles. The average Bonchev–Trinajstić information content (AvgIpc) is 3.35. The molecule has 8 nitrogen and oxygen atoms in total. The predicted molar refractivity (Wildman–Crippen MR) is 132 cm³/mol. The molecule has 36 heavy (non-hydrogen) atoms. The summed E-state index contributed by atoms with van der Waals surface area (Å²) in [6, 6.07) is 10.5. The second-order valence-corrected chi connectivity index (χ2v) is 8.80. The molecule has 0 unspecified atom stereocenters. The molecular formula is C26H24ClN4NaO4. The molecule has 0 aliphatic heterocycles. The molecule has 1 N–H and O–H groups in total. The number of Topliss-reactive ketones (excluding diaryl/α,β-unsaturated/α-hetero) is 1. The van der Waals surface area contributed by atoms with Crippen LogP contribution in [0.4, 0.5) is 5.69 Å². The van der Waals surface area contributed by atoms with Crippen LogP contribution in [-0.2, 0) is 11.3 Å². The molecule has 10 heteroatoms. The minimum atomic E-state index is -1.26. The summed E-state index contributed by atoms with van der Waals surface area (Å²) in [6.45, 7) is 5.23. The third kappa shape index (κ3) is 5.57. The van der Waals surface area contributed by atoms with Crippen molar-refractivity contribution < 1.29 is 49.0 Å². The van der Waals surface area contributed by atoms with Crippen LogP contribution in [0.2, 0.25) is 5.02 Å². The van der Waals surface area contributed by atoms with E-state index in [1.165, 1.54) is 10.8 Å². The number of carboxylic acids is 1. The molecule has 1 amide bonds. The van der Waals surface area contributed by atoms with Crippen LogP contribution in [0.1, 0.15) is 51.7 Å². The largest absolute Gasteiger partial charge is 1.00 e. The molecule has 2 aromatic heterocycles. The number of aromatic nitrogens is 3. The second-order valence-electron chi connectivity index (χ2n) is 8.39. The zero-order valence-corrected chi connectivity index (χ0v) is 23.3. The number of aliphatic carboxylic acids is 1. The molecule has 4 rings (SSSR count). The number of nitrogens with one attached hydrogen (secondary N) is 1. The van der Waals surface area contributed by atoms with Gasteiger partial charge in [0.05, 0.1) is 41.2 Å². The SMILES string of the molecule is CCCC(=O)c1cnn(-c2ccc(NC(=O)c3cn(CC(=O)[O-])c4cc(C)c(Cl)cc34)cc2)c1C.[Na+]. The summed E-state index contributed by atoms with van der Waals surface area (Å²) >= 11 is 6.27. The number of aryl methyl sites for hydroxylation is 1. The number of rotatable bonds is 8. The molecule has 0 fully saturated rings. The zero-order valence-electron chi connectivity index (χ0n) is 20.6. The molecule has 0 spiro atoms. The van der Waals surface area contributed by atoms with Crippen molar-refractivity contribution >= 4 is 45.9 Å². The Morgan fingerprint density at radius 3 is 2.42 bits per heavy atom. The van der Waals surface area contributed by atoms with Gasteiger partial charge >= 0.3 is 29.6 Å². The van der Waals surface area contributed by atoms with Gasteiger partial charge in [0.2, 0.25) is 0 Å². The minimum Gasteiger partial charge on any atom is -0.548 e. The van der Waals surface area contributed by atoms with Crippen molar-refractivity contribution in [3.63, 3.8) is 0 Å². The Morgan fingerprint density at radius 1 is 1.08 bits per heavy atom. The summed E-state index contributed by atoms with van der Waals surface area (Å²) in [6.07, 6.45) is 4.32. The smallest absolute Gasteiger partial charge is 0.548 e. The summed E-state index contributed by atoms with van der Waals surface area (Å²) in [4.78, 5) is 36.5. The number of fused-ring (bicyclic) bond motifs is 1. The van der Waals surface area contributed by atoms with Gasteiger partial charge < -0.3 is 19.8 Å². The van der Waals surface area contributed by atoms with Crippen LogP contribution in [0, 0.1) is 13.8 Å². The first kappa shape index (κ1) is 27.7. The Kier molecular flexibility index (Phi) is 8.79. The van der Waals surface area contributed by atoms with Crippen LogP contribution in [0.15, 0.2) is 48.8 Å². The molecule has 180 valence electrons. The van der Waals surface area contributed by atoms with E-state index in [0.29, 0.717) is 39.2 Å². The number of amides is 1. The third-order valence-electron chi connectivity index (χ3n) is 5.86. The summed E-state index contributed by atoms with van der Waals surface area (Å²) in [5, 5.41) is 19.4. The Balaban J connectivity index is 0.00000361. The Hall–Kier alpha value is -2.91. The summed E-state index contributed by atoms with van der Waals surface area (Å²) in [5.41, 5.74) is 4.31. The second kappa shape index (κ2) is 11.4. The van der Waals surface area contributed by atoms with Gasteiger partial charge in [0.25, 0.3) is 5.91 Å². The molecule has 2 aromatic carbocycles. The number of anilines is 1. The van der Waals surface area contributed by atoms with Crippen LogP contribution < -0.4 is 40.0 Å². The molecular weight excluding hydrogens is 491 g/mol. The van der Waals surface area contributed by atoms with Crippen LogP contribution in [-0.4, -0.2) is 32.0 Å². The molecule has 0 atom stereocenters. The first-order chi connectivity index (χ1) is 16.7. The van der Waals surface area contributed by atoms with Crippen LogP contribution in [0.3, 0.4) is 0 Å². The fourth-order valence-electron chi connectivity index (χ4n) is 4.06. The zero-order chi connectivity index (χ0) is 25.3. The molecule has 4 aromatic rings. The summed E-state index contributed by atoms with van der Waals surface area (Å²) < 4.78 is 3.15. The van der Waals surface area contributed by atoms with Crippen LogP contribution >= 0.6 is 11.6 Å². The van der Waals surface area contributed by atoms with Gasteiger partial charge in [-0.05, 0) is 62.2 Å². The van der Waals surface area contributed by atoms with Crippen molar-refractivity contribution in [2.75, 3.05) is 5.32 Å². The minimum absolute atomic E-state index is 0. The van der Waals surface area contributed by atoms with E-state index >= 15 is 0 Å². The molecule has 0 saturated heterocycles. The maximum Gasteiger partial charge on any atom is 1.00 e. The predicted octanol–water partition coefficient (Wildman–Crippen LogP) is 1.09. The Bertz CT molecular complexity index is 1460. The van der Waals surface area contributed by atoms with Crippen molar-refractivity contribution in [1.29, 1.82) is 0 Å². The van der Waals surface area contributed by atoms with Gasteiger partial charge in [-0.2, -0.15) is 5.10 Å². The summed E-state index contributed by atoms with van der Waals surface area (Å²) in [5.74, 6) is -1.60. The van der Waals surface area contributed by atoms with E-state index in [2.05, 4.69) is 10.4 Å². The number of hydrogen-bond donors (Lipinski definition) is 1. The number of carbonyl (C=O) groups is 3. The van der Waals surface area contributed by atoms with Crippen molar-refractivity contribution in [3.05, 3.63) is 76.2 Å². The molecule has 0 saturated carbocycles. The van der Waals surface area contributed by atoms with Crippen molar-refractivity contribution in [2.45, 2.75) is 40.2 Å². The number of carbonyl (C=O) groups excluding carboxylic acids is 3. The standard InChI is InChI=1S/C26H25ClN4O4.Na/c1-4-5-24(32)20-12-28-31(16(20)3)18-8-6-17(7-9-18)29-26(35)21-13-30(14-25(33)34)23-10-15(2)22(27)11-19(21)23;/h6-13H,4-5,14H2,1-3H3,(H,29,35)(H,33,34);/q;+1/p-1. The van der Waals surface area contributed by atoms with E-state index in [9.17, 15) is 19.5 Å². The number of ketones is 1. The van der Waals surface area contributed by atoms with E-state index < -0.39 is 11.9 Å². The van der Waals surface area contributed by atoms with E-state index in [1.807, 2.05) is 20.8 Å². The van der Waals surface area contributed by atoms with E-state index in [0.717, 1.165) is 23.4 Å². The van der Waals surface area contributed by atoms with Gasteiger partial charge in [-0.1, -0.05) is 18.5 Å². The maximum absolute atomic E-state index is 13.1. The van der Waals surface area contributed by atoms with Gasteiger partial charge in [-0.15, -0.1) is 0 Å². The average molecular weight is 515 g/mol. The van der Waals surface area contributed by atoms with Gasteiger partial charge in [-0.3, -0.25) is 9.59 Å². The normalized spacial score (nSPS) is 10.8. The number of hydrogen-bond acceptors (Lipinski definition) is 5. The molecule has 0 aliphatic rings. The Morgan fingerprint density at radius 2 is 1.78 bits per heavy atom. The number of carboxylic acid groups (broad SMARTS) is 1. The fourth-order valence-corrected chi connectivity index (χ4v) is 4.22. The van der Waals surface area contributed by atoms with Crippen LogP contribution in [0.25, 0.3) is 16.6 Å². The van der Waals surface area contributed by atoms with Gasteiger partial charge in [-0.25, -0.2) is 4.68 Å². The summed E-state index contributed by atoms with van der Waals surface area (Å²) in [7, 11) is 0. The topological polar surface area (TPSA) is 109 Å². The van der Waals surface area contributed by atoms with E-state index in [-0.39, 0.29) is 41.9 Å². The maximum atomic E-state index is 13.1. The van der Waals surface area contributed by atoms with Gasteiger partial charge in [0.15, 0.2) is 5.78 Å². The monoisotopic (exact) mass is 514 g/mol. The van der Waals surface area contributed by atoms with Gasteiger partial charge in [0, 0.05) is 34.2 Å². The number of nitrogens with zero attached hydrogens (tertiary/aromatic N) is 3. The number of benzene rings is 2. The first-order valence-electron chi connectivity index (χ1n) is 11.2. The van der Waals surface area contributed by atoms with Gasteiger partial charge in [0.1, 0.15) is 0 Å². The fraction of sp³-hybridized carbons (Fsp3) is 0.231. The quantitative estimate of drug-likeness (QED) is 0.280. The van der Waals surface area contributed by atoms with Crippen molar-refractivity contribution in [3.8, 4) is 5.69 Å². The van der Waals surface area contributed by atoms with Crippen molar-refractivity contribution in [2.24, 2.45) is 0 Å². The van der Waals surface area contributed by atoms with Crippen molar-refractivity contribution in [1.82, 2.24) is 14.3 Å². The molecule has 0 bridgehead atoms. The number of halogens is 1. The third-order valence-corrected chi connectivity index (χ3v) is 6.27. The Labute approximate surface area is 235 Å².